The number of aromatic nitrogens is 3. The molecule has 5 rings (SSSR count). The number of hydrogen-bond donors (Lipinski definition) is 1. The molecule has 1 unspecified atom stereocenters. The summed E-state index contributed by atoms with van der Waals surface area (Å²) in [7, 11) is 0. The third-order valence-corrected chi connectivity index (χ3v) is 6.38. The van der Waals surface area contributed by atoms with Crippen LogP contribution in [0.15, 0.2) is 54.9 Å². The van der Waals surface area contributed by atoms with E-state index in [0.29, 0.717) is 11.7 Å². The Kier molecular flexibility index (Phi) is 6.79. The highest BCUT2D eigenvalue weighted by atomic mass is 16.7. The van der Waals surface area contributed by atoms with Crippen molar-refractivity contribution in [2.24, 2.45) is 5.92 Å². The first-order valence-electron chi connectivity index (χ1n) is 11.8. The maximum Gasteiger partial charge on any atom is 0.199 e. The largest absolute Gasteiger partial charge is 0.465 e. The number of rotatable bonds is 6. The van der Waals surface area contributed by atoms with Gasteiger partial charge in [0, 0.05) is 55.7 Å². The SMILES string of the molecule is OCC1CCN(c2cc(-c3ccc(OC4CCCCO4)cc3)nc(-c3cccnc3)n2)CC1. The molecule has 172 valence electrons. The number of aliphatic hydroxyl groups is 1. The Labute approximate surface area is 194 Å². The molecule has 4 heterocycles. The first-order valence-corrected chi connectivity index (χ1v) is 11.8. The van der Waals surface area contributed by atoms with E-state index in [9.17, 15) is 5.11 Å². The zero-order valence-corrected chi connectivity index (χ0v) is 18.8. The summed E-state index contributed by atoms with van der Waals surface area (Å²) in [6.45, 7) is 2.77. The van der Waals surface area contributed by atoms with Crippen LogP contribution in [0.1, 0.15) is 32.1 Å². The summed E-state index contributed by atoms with van der Waals surface area (Å²) in [5.41, 5.74) is 2.76. The molecule has 2 saturated heterocycles. The van der Waals surface area contributed by atoms with Crippen molar-refractivity contribution in [3.8, 4) is 28.4 Å². The van der Waals surface area contributed by atoms with Crippen molar-refractivity contribution in [1.29, 1.82) is 0 Å². The number of benzene rings is 1. The van der Waals surface area contributed by atoms with Crippen molar-refractivity contribution in [3.05, 3.63) is 54.9 Å². The van der Waals surface area contributed by atoms with Gasteiger partial charge in [0.2, 0.25) is 0 Å². The molecule has 3 aromatic rings. The molecule has 0 aliphatic carbocycles. The van der Waals surface area contributed by atoms with Crippen molar-refractivity contribution in [2.75, 3.05) is 31.2 Å². The van der Waals surface area contributed by atoms with Gasteiger partial charge in [-0.1, -0.05) is 0 Å². The molecule has 0 saturated carbocycles. The molecular weight excluding hydrogens is 416 g/mol. The van der Waals surface area contributed by atoms with E-state index in [1.807, 2.05) is 36.4 Å². The van der Waals surface area contributed by atoms with Crippen molar-refractivity contribution >= 4 is 5.82 Å². The van der Waals surface area contributed by atoms with Crippen LogP contribution >= 0.6 is 0 Å². The van der Waals surface area contributed by atoms with Crippen molar-refractivity contribution in [1.82, 2.24) is 15.0 Å². The summed E-state index contributed by atoms with van der Waals surface area (Å²) in [6.07, 6.45) is 8.49. The van der Waals surface area contributed by atoms with Gasteiger partial charge in [-0.15, -0.1) is 0 Å². The fourth-order valence-electron chi connectivity index (χ4n) is 4.37. The van der Waals surface area contributed by atoms with Crippen LogP contribution in [0, 0.1) is 5.92 Å². The summed E-state index contributed by atoms with van der Waals surface area (Å²) in [5, 5.41) is 9.49. The van der Waals surface area contributed by atoms with Crippen LogP contribution in [0.3, 0.4) is 0 Å². The molecule has 0 bridgehead atoms. The van der Waals surface area contributed by atoms with E-state index in [1.54, 1.807) is 12.4 Å². The van der Waals surface area contributed by atoms with Gasteiger partial charge in [-0.25, -0.2) is 9.97 Å². The molecule has 2 aromatic heterocycles. The van der Waals surface area contributed by atoms with E-state index < -0.39 is 0 Å². The van der Waals surface area contributed by atoms with Crippen LogP contribution in [0.2, 0.25) is 0 Å². The third-order valence-electron chi connectivity index (χ3n) is 6.38. The first-order chi connectivity index (χ1) is 16.3. The molecule has 2 aliphatic heterocycles. The van der Waals surface area contributed by atoms with Crippen LogP contribution in [0.5, 0.6) is 5.75 Å². The van der Waals surface area contributed by atoms with Gasteiger partial charge in [-0.2, -0.15) is 0 Å². The summed E-state index contributed by atoms with van der Waals surface area (Å²) in [6, 6.07) is 14.0. The fourth-order valence-corrected chi connectivity index (χ4v) is 4.37. The van der Waals surface area contributed by atoms with Crippen molar-refractivity contribution in [2.45, 2.75) is 38.4 Å². The van der Waals surface area contributed by atoms with Crippen LogP contribution in [0.4, 0.5) is 5.82 Å². The predicted octanol–water partition coefficient (Wildman–Crippen LogP) is 4.32. The molecule has 33 heavy (non-hydrogen) atoms. The molecule has 1 atom stereocenters. The van der Waals surface area contributed by atoms with E-state index in [0.717, 1.165) is 80.2 Å². The average Bonchev–Trinajstić information content (AvgIpc) is 2.90. The van der Waals surface area contributed by atoms with Crippen molar-refractivity contribution in [3.63, 3.8) is 0 Å². The fraction of sp³-hybridized carbons (Fsp3) is 0.423. The summed E-state index contributed by atoms with van der Waals surface area (Å²) in [4.78, 5) is 16.3. The van der Waals surface area contributed by atoms with Gasteiger partial charge in [0.05, 0.1) is 12.3 Å². The Morgan fingerprint density at radius 3 is 2.55 bits per heavy atom. The van der Waals surface area contributed by atoms with Crippen molar-refractivity contribution < 1.29 is 14.6 Å². The Morgan fingerprint density at radius 1 is 1.00 bits per heavy atom. The van der Waals surface area contributed by atoms with E-state index in [1.165, 1.54) is 0 Å². The highest BCUT2D eigenvalue weighted by Crippen LogP contribution is 2.30. The number of nitrogens with zero attached hydrogens (tertiary/aromatic N) is 4. The monoisotopic (exact) mass is 446 g/mol. The number of pyridine rings is 1. The highest BCUT2D eigenvalue weighted by Gasteiger charge is 2.21. The zero-order valence-electron chi connectivity index (χ0n) is 18.8. The Balaban J connectivity index is 1.42. The van der Waals surface area contributed by atoms with Gasteiger partial charge in [0.1, 0.15) is 11.6 Å². The lowest BCUT2D eigenvalue weighted by atomic mass is 9.98. The number of anilines is 1. The smallest absolute Gasteiger partial charge is 0.199 e. The quantitative estimate of drug-likeness (QED) is 0.604. The Morgan fingerprint density at radius 2 is 1.85 bits per heavy atom. The molecule has 0 spiro atoms. The highest BCUT2D eigenvalue weighted by molar-refractivity contribution is 5.68. The number of aliphatic hydroxyl groups excluding tert-OH is 1. The minimum atomic E-state index is -0.158. The number of ether oxygens (including phenoxy) is 2. The second-order valence-electron chi connectivity index (χ2n) is 8.73. The second kappa shape index (κ2) is 10.3. The maximum absolute atomic E-state index is 9.49. The minimum absolute atomic E-state index is 0.158. The molecule has 1 N–H and O–H groups in total. The Hall–Kier alpha value is -3.03. The molecule has 7 heteroatoms. The van der Waals surface area contributed by atoms with Crippen LogP contribution in [0.25, 0.3) is 22.6 Å². The maximum atomic E-state index is 9.49. The lowest BCUT2D eigenvalue weighted by Crippen LogP contribution is -2.35. The van der Waals surface area contributed by atoms with Gasteiger partial charge in [0.15, 0.2) is 12.1 Å². The summed E-state index contributed by atoms with van der Waals surface area (Å²) >= 11 is 0. The molecule has 7 nitrogen and oxygen atoms in total. The van der Waals surface area contributed by atoms with E-state index in [-0.39, 0.29) is 12.9 Å². The topological polar surface area (TPSA) is 80.6 Å². The van der Waals surface area contributed by atoms with Gasteiger partial charge in [-0.05, 0) is 68.0 Å². The van der Waals surface area contributed by atoms with E-state index >= 15 is 0 Å². The summed E-state index contributed by atoms with van der Waals surface area (Å²) in [5.74, 6) is 2.75. The minimum Gasteiger partial charge on any atom is -0.465 e. The van der Waals surface area contributed by atoms with Gasteiger partial charge < -0.3 is 19.5 Å². The molecule has 2 aliphatic rings. The van der Waals surface area contributed by atoms with Crippen LogP contribution in [-0.4, -0.2) is 52.7 Å². The molecule has 0 amide bonds. The Bertz CT molecular complexity index is 1030. The lowest BCUT2D eigenvalue weighted by molar-refractivity contribution is -0.105. The van der Waals surface area contributed by atoms with E-state index in [4.69, 9.17) is 19.4 Å². The normalized spacial score (nSPS) is 19.4. The molecule has 1 aromatic carbocycles. The molecule has 0 radical (unpaired) electrons. The second-order valence-corrected chi connectivity index (χ2v) is 8.73. The molecular formula is C26H30N4O3. The van der Waals surface area contributed by atoms with Gasteiger partial charge in [0.25, 0.3) is 0 Å². The van der Waals surface area contributed by atoms with Crippen LogP contribution in [-0.2, 0) is 4.74 Å². The average molecular weight is 447 g/mol. The first kappa shape index (κ1) is 21.8. The summed E-state index contributed by atoms with van der Waals surface area (Å²) < 4.78 is 11.7. The molecule has 2 fully saturated rings. The van der Waals surface area contributed by atoms with E-state index in [2.05, 4.69) is 16.0 Å². The third kappa shape index (κ3) is 5.31. The lowest BCUT2D eigenvalue weighted by Gasteiger charge is -2.32. The van der Waals surface area contributed by atoms with Gasteiger partial charge in [-0.3, -0.25) is 4.98 Å². The number of hydrogen-bond acceptors (Lipinski definition) is 7. The zero-order chi connectivity index (χ0) is 22.5. The standard InChI is InChI=1S/C26H30N4O3/c31-18-19-10-13-30(14-11-19)24-16-23(28-26(29-24)21-4-3-12-27-17-21)20-6-8-22(9-7-20)33-25-5-1-2-15-32-25/h3-4,6-9,12,16-17,19,25,31H,1-2,5,10-11,13-15,18H2. The number of piperidine rings is 1. The predicted molar refractivity (Wildman–Crippen MR) is 127 cm³/mol. The van der Waals surface area contributed by atoms with Gasteiger partial charge >= 0.3 is 0 Å². The van der Waals surface area contributed by atoms with Crippen LogP contribution < -0.4 is 9.64 Å².